The number of rotatable bonds is 2. The number of amides is 1. The van der Waals surface area contributed by atoms with E-state index in [1.807, 2.05) is 0 Å². The van der Waals surface area contributed by atoms with Crippen molar-refractivity contribution in [3.05, 3.63) is 35.4 Å². The molecule has 0 saturated carbocycles. The lowest BCUT2D eigenvalue weighted by Gasteiger charge is -2.12. The molecule has 1 aromatic carbocycles. The van der Waals surface area contributed by atoms with Gasteiger partial charge < -0.3 is 11.1 Å². The van der Waals surface area contributed by atoms with Gasteiger partial charge in [0.25, 0.3) is 0 Å². The molecule has 114 valence electrons. The van der Waals surface area contributed by atoms with Crippen molar-refractivity contribution in [2.45, 2.75) is 24.6 Å². The van der Waals surface area contributed by atoms with Gasteiger partial charge >= 0.3 is 6.18 Å². The maximum Gasteiger partial charge on any atom is 0.416 e. The highest BCUT2D eigenvalue weighted by molar-refractivity contribution is 5.85. The zero-order valence-corrected chi connectivity index (χ0v) is 11.9. The van der Waals surface area contributed by atoms with Crippen molar-refractivity contribution >= 4 is 30.7 Å². The molecule has 1 aliphatic rings. The van der Waals surface area contributed by atoms with E-state index in [-0.39, 0.29) is 30.7 Å². The molecule has 1 aromatic rings. The van der Waals surface area contributed by atoms with E-state index >= 15 is 0 Å². The number of nitrogens with one attached hydrogen (secondary N) is 1. The maximum absolute atomic E-state index is 12.6. The molecule has 1 saturated heterocycles. The van der Waals surface area contributed by atoms with Gasteiger partial charge in [0, 0.05) is 6.54 Å². The van der Waals surface area contributed by atoms with Crippen LogP contribution < -0.4 is 11.1 Å². The second-order valence-electron chi connectivity index (χ2n) is 4.42. The summed E-state index contributed by atoms with van der Waals surface area (Å²) in [5, 5.41) is 2.91. The Morgan fingerprint density at radius 3 is 2.45 bits per heavy atom. The van der Waals surface area contributed by atoms with E-state index in [0.29, 0.717) is 18.5 Å². The number of primary amides is 1. The third kappa shape index (κ3) is 4.26. The molecule has 0 radical (unpaired) electrons. The van der Waals surface area contributed by atoms with Crippen molar-refractivity contribution in [3.63, 3.8) is 0 Å². The van der Waals surface area contributed by atoms with Crippen molar-refractivity contribution in [2.24, 2.45) is 5.73 Å². The molecule has 20 heavy (non-hydrogen) atoms. The molecular formula is C12H15Cl2F3N2O. The Morgan fingerprint density at radius 2 is 1.95 bits per heavy atom. The van der Waals surface area contributed by atoms with E-state index in [1.54, 1.807) is 6.07 Å². The fourth-order valence-electron chi connectivity index (χ4n) is 2.18. The maximum atomic E-state index is 12.6. The molecule has 8 heteroatoms. The summed E-state index contributed by atoms with van der Waals surface area (Å²) in [6.07, 6.45) is -3.90. The van der Waals surface area contributed by atoms with E-state index in [4.69, 9.17) is 5.73 Å². The summed E-state index contributed by atoms with van der Waals surface area (Å²) in [5.41, 5.74) is 5.08. The molecule has 3 nitrogen and oxygen atoms in total. The normalized spacial score (nSPS) is 21.8. The van der Waals surface area contributed by atoms with Gasteiger partial charge in [0.05, 0.1) is 11.6 Å². The smallest absolute Gasteiger partial charge is 0.368 e. The first-order chi connectivity index (χ1) is 8.38. The molecule has 1 heterocycles. The van der Waals surface area contributed by atoms with Gasteiger partial charge in [0.2, 0.25) is 5.91 Å². The van der Waals surface area contributed by atoms with Crippen LogP contribution in [-0.4, -0.2) is 18.5 Å². The monoisotopic (exact) mass is 330 g/mol. The molecule has 0 aromatic heterocycles. The number of hydrogen-bond donors (Lipinski definition) is 2. The van der Waals surface area contributed by atoms with Crippen LogP contribution in [0, 0.1) is 0 Å². The number of carbonyl (C=O) groups is 1. The van der Waals surface area contributed by atoms with Crippen LogP contribution in [-0.2, 0) is 11.0 Å². The number of halogens is 5. The van der Waals surface area contributed by atoms with Gasteiger partial charge in [-0.25, -0.2) is 0 Å². The molecule has 2 rings (SSSR count). The van der Waals surface area contributed by atoms with E-state index in [1.165, 1.54) is 6.07 Å². The Labute approximate surface area is 126 Å². The van der Waals surface area contributed by atoms with Crippen molar-refractivity contribution in [1.29, 1.82) is 0 Å². The second kappa shape index (κ2) is 7.15. The van der Waals surface area contributed by atoms with E-state index < -0.39 is 23.7 Å². The molecule has 1 aliphatic heterocycles. The van der Waals surface area contributed by atoms with Gasteiger partial charge in [-0.05, 0) is 24.0 Å². The van der Waals surface area contributed by atoms with Crippen molar-refractivity contribution < 1.29 is 18.0 Å². The first-order valence-electron chi connectivity index (χ1n) is 5.58. The first-order valence-corrected chi connectivity index (χ1v) is 5.58. The molecule has 3 N–H and O–H groups in total. The summed E-state index contributed by atoms with van der Waals surface area (Å²) in [5.74, 6) is -0.575. The highest BCUT2D eigenvalue weighted by atomic mass is 35.5. The molecule has 2 unspecified atom stereocenters. The average Bonchev–Trinajstić information content (AvgIpc) is 2.77. The first kappa shape index (κ1) is 19.0. The Balaban J connectivity index is 0.00000180. The summed E-state index contributed by atoms with van der Waals surface area (Å²) in [6, 6.07) is 4.75. The molecule has 0 aliphatic carbocycles. The van der Waals surface area contributed by atoms with E-state index in [2.05, 4.69) is 5.32 Å². The molecular weight excluding hydrogens is 316 g/mol. The highest BCUT2D eigenvalue weighted by Gasteiger charge is 2.33. The van der Waals surface area contributed by atoms with Gasteiger partial charge in [0.1, 0.15) is 0 Å². The predicted octanol–water partition coefficient (Wildman–Crippen LogP) is 2.48. The van der Waals surface area contributed by atoms with Gasteiger partial charge in [-0.1, -0.05) is 18.2 Å². The summed E-state index contributed by atoms with van der Waals surface area (Å²) in [7, 11) is 0. The Hall–Kier alpha value is -0.980. The van der Waals surface area contributed by atoms with Crippen LogP contribution in [0.25, 0.3) is 0 Å². The van der Waals surface area contributed by atoms with Crippen molar-refractivity contribution in [1.82, 2.24) is 5.32 Å². The number of benzene rings is 1. The number of carbonyl (C=O) groups excluding carboxylic acids is 1. The minimum absolute atomic E-state index is 0. The quantitative estimate of drug-likeness (QED) is 0.875. The van der Waals surface area contributed by atoms with Gasteiger partial charge in [0.15, 0.2) is 0 Å². The molecule has 2 atom stereocenters. The summed E-state index contributed by atoms with van der Waals surface area (Å²) < 4.78 is 37.7. The predicted molar refractivity (Wildman–Crippen MR) is 74.3 cm³/mol. The Bertz CT molecular complexity index is 468. The lowest BCUT2D eigenvalue weighted by atomic mass is 9.94. The van der Waals surface area contributed by atoms with Crippen LogP contribution in [0.5, 0.6) is 0 Å². The van der Waals surface area contributed by atoms with E-state index in [9.17, 15) is 18.0 Å². The Kier molecular flexibility index (Phi) is 6.80. The van der Waals surface area contributed by atoms with Gasteiger partial charge in [-0.2, -0.15) is 13.2 Å². The topological polar surface area (TPSA) is 55.1 Å². The zero-order chi connectivity index (χ0) is 13.3. The number of nitrogens with two attached hydrogens (primary N) is 1. The summed E-state index contributed by atoms with van der Waals surface area (Å²) >= 11 is 0. The third-order valence-electron chi connectivity index (χ3n) is 3.16. The van der Waals surface area contributed by atoms with Crippen LogP contribution in [0.4, 0.5) is 13.2 Å². The highest BCUT2D eigenvalue weighted by Crippen LogP contribution is 2.33. The minimum atomic E-state index is -4.34. The second-order valence-corrected chi connectivity index (χ2v) is 4.42. The number of alkyl halides is 3. The zero-order valence-electron chi connectivity index (χ0n) is 10.3. The number of hydrogen-bond acceptors (Lipinski definition) is 2. The van der Waals surface area contributed by atoms with Crippen LogP contribution in [0.2, 0.25) is 0 Å². The van der Waals surface area contributed by atoms with Crippen molar-refractivity contribution in [3.8, 4) is 0 Å². The summed E-state index contributed by atoms with van der Waals surface area (Å²) in [4.78, 5) is 11.0. The van der Waals surface area contributed by atoms with Crippen LogP contribution in [0.1, 0.15) is 23.5 Å². The van der Waals surface area contributed by atoms with Gasteiger partial charge in [-0.3, -0.25) is 4.79 Å². The molecule has 1 fully saturated rings. The lowest BCUT2D eigenvalue weighted by molar-refractivity contribution is -0.137. The molecule has 1 amide bonds. The average molecular weight is 331 g/mol. The van der Waals surface area contributed by atoms with Crippen LogP contribution >= 0.6 is 24.8 Å². The van der Waals surface area contributed by atoms with Gasteiger partial charge in [-0.15, -0.1) is 24.8 Å². The van der Waals surface area contributed by atoms with Crippen LogP contribution in [0.15, 0.2) is 24.3 Å². The SMILES string of the molecule is Cl.Cl.NC(=O)C1CC(c2cccc(C(F)(F)F)c2)CN1. The van der Waals surface area contributed by atoms with E-state index in [0.717, 1.165) is 12.1 Å². The fraction of sp³-hybridized carbons (Fsp3) is 0.417. The Morgan fingerprint density at radius 1 is 1.30 bits per heavy atom. The minimum Gasteiger partial charge on any atom is -0.368 e. The molecule has 0 spiro atoms. The van der Waals surface area contributed by atoms with Crippen LogP contribution in [0.3, 0.4) is 0 Å². The third-order valence-corrected chi connectivity index (χ3v) is 3.16. The molecule has 0 bridgehead atoms. The lowest BCUT2D eigenvalue weighted by Crippen LogP contribution is -2.36. The largest absolute Gasteiger partial charge is 0.416 e. The fourth-order valence-corrected chi connectivity index (χ4v) is 2.18. The summed E-state index contributed by atoms with van der Waals surface area (Å²) in [6.45, 7) is 0.467. The standard InChI is InChI=1S/C12H13F3N2O.2ClH/c13-12(14,15)9-3-1-2-7(4-9)8-5-10(11(16)18)17-6-8;;/h1-4,8,10,17H,5-6H2,(H2,16,18);2*1H. The van der Waals surface area contributed by atoms with Crippen molar-refractivity contribution in [2.75, 3.05) is 6.54 Å².